The molecule has 3 fully saturated rings. The fourth-order valence-electron chi connectivity index (χ4n) is 6.39. The van der Waals surface area contributed by atoms with Crippen LogP contribution in [-0.4, -0.2) is 62.9 Å². The molecule has 190 valence electrons. The van der Waals surface area contributed by atoms with Crippen LogP contribution in [0.5, 0.6) is 0 Å². The average molecular weight is 488 g/mol. The molecule has 8 nitrogen and oxygen atoms in total. The lowest BCUT2D eigenvalue weighted by atomic mass is 9.90. The maximum absolute atomic E-state index is 13.7. The second kappa shape index (κ2) is 10.6. The van der Waals surface area contributed by atoms with Crippen molar-refractivity contribution in [1.29, 1.82) is 0 Å². The van der Waals surface area contributed by atoms with E-state index in [0.29, 0.717) is 35.6 Å². The molecule has 0 spiro atoms. The molecule has 2 aromatic heterocycles. The number of hydrogen-bond donors (Lipinski definition) is 2. The van der Waals surface area contributed by atoms with Crippen LogP contribution in [0, 0.1) is 0 Å². The molecule has 2 N–H and O–H groups in total. The van der Waals surface area contributed by atoms with E-state index in [9.17, 15) is 4.79 Å². The molecule has 1 aliphatic heterocycles. The number of piperazine rings is 1. The molecule has 2 saturated carbocycles. The highest BCUT2D eigenvalue weighted by Gasteiger charge is 2.28. The third kappa shape index (κ3) is 5.02. The highest BCUT2D eigenvalue weighted by molar-refractivity contribution is 5.71. The van der Waals surface area contributed by atoms with E-state index in [-0.39, 0.29) is 11.6 Å². The van der Waals surface area contributed by atoms with Crippen molar-refractivity contribution in [3.63, 3.8) is 0 Å². The lowest BCUT2D eigenvalue weighted by Gasteiger charge is -2.39. The predicted octanol–water partition coefficient (Wildman–Crippen LogP) is 3.52. The molecular formula is C28H37N7O. The van der Waals surface area contributed by atoms with Crippen LogP contribution in [0.25, 0.3) is 11.2 Å². The van der Waals surface area contributed by atoms with Crippen molar-refractivity contribution >= 4 is 17.1 Å². The van der Waals surface area contributed by atoms with Gasteiger partial charge in [0.05, 0.1) is 0 Å². The largest absolute Gasteiger partial charge is 0.350 e. The maximum atomic E-state index is 13.7. The number of nitrogens with one attached hydrogen (secondary N) is 2. The Morgan fingerprint density at radius 3 is 2.42 bits per heavy atom. The van der Waals surface area contributed by atoms with Crippen molar-refractivity contribution in [2.45, 2.75) is 75.9 Å². The summed E-state index contributed by atoms with van der Waals surface area (Å²) in [5.41, 5.74) is 3.35. The molecule has 0 bridgehead atoms. The molecule has 0 radical (unpaired) electrons. The van der Waals surface area contributed by atoms with Crippen LogP contribution in [0.4, 0.5) is 5.95 Å². The van der Waals surface area contributed by atoms with Gasteiger partial charge in [0, 0.05) is 56.3 Å². The van der Waals surface area contributed by atoms with Crippen LogP contribution in [0.3, 0.4) is 0 Å². The minimum Gasteiger partial charge on any atom is -0.350 e. The summed E-state index contributed by atoms with van der Waals surface area (Å²) in [4.78, 5) is 21.2. The van der Waals surface area contributed by atoms with Crippen LogP contribution in [0.2, 0.25) is 0 Å². The normalized spacial score (nSPS) is 23.8. The Balaban J connectivity index is 1.24. The summed E-state index contributed by atoms with van der Waals surface area (Å²) in [7, 11) is 0. The van der Waals surface area contributed by atoms with Gasteiger partial charge < -0.3 is 10.6 Å². The summed E-state index contributed by atoms with van der Waals surface area (Å²) in [5.74, 6) is 0.551. The van der Waals surface area contributed by atoms with Gasteiger partial charge in [0.2, 0.25) is 5.95 Å². The first kappa shape index (κ1) is 23.6. The zero-order chi connectivity index (χ0) is 24.3. The number of benzene rings is 1. The lowest BCUT2D eigenvalue weighted by Crippen LogP contribution is -2.50. The number of pyridine rings is 1. The maximum Gasteiger partial charge on any atom is 0.256 e. The highest BCUT2D eigenvalue weighted by Crippen LogP contribution is 2.31. The van der Waals surface area contributed by atoms with E-state index in [4.69, 9.17) is 4.98 Å². The van der Waals surface area contributed by atoms with Crippen molar-refractivity contribution < 1.29 is 0 Å². The molecule has 36 heavy (non-hydrogen) atoms. The standard InChI is InChI=1S/C28H37N7O/c36-27-21(18-20-6-2-1-3-7-20)19-25-26(35(27)24-8-4-5-9-24)31-28(33-32-25)30-22-10-12-23(13-11-22)34-16-14-29-15-17-34/h1-3,6-7,19,22-24,29H,4-5,8-18H2,(H,30,31,33). The Hall–Kier alpha value is -2.84. The molecule has 1 aromatic carbocycles. The van der Waals surface area contributed by atoms with Crippen molar-refractivity contribution in [2.75, 3.05) is 31.5 Å². The van der Waals surface area contributed by atoms with E-state index in [1.165, 1.54) is 12.8 Å². The minimum atomic E-state index is 0.0706. The molecule has 1 saturated heterocycles. The Labute approximate surface area is 212 Å². The third-order valence-electron chi connectivity index (χ3n) is 8.35. The number of hydrogen-bond acceptors (Lipinski definition) is 7. The topological polar surface area (TPSA) is 88.0 Å². The van der Waals surface area contributed by atoms with E-state index in [2.05, 4.69) is 37.9 Å². The molecule has 0 amide bonds. The third-order valence-corrected chi connectivity index (χ3v) is 8.35. The van der Waals surface area contributed by atoms with Crippen molar-refractivity contribution in [2.24, 2.45) is 0 Å². The van der Waals surface area contributed by atoms with E-state index >= 15 is 0 Å². The summed E-state index contributed by atoms with van der Waals surface area (Å²) < 4.78 is 1.93. The van der Waals surface area contributed by atoms with E-state index in [0.717, 1.165) is 75.8 Å². The SMILES string of the molecule is O=c1c(Cc2ccccc2)cc2nnc(NC3CCC(N4CCNCC4)CC3)nc2n1C1CCCC1. The molecular weight excluding hydrogens is 450 g/mol. The number of anilines is 1. The van der Waals surface area contributed by atoms with Crippen molar-refractivity contribution in [3.05, 3.63) is 57.9 Å². The molecule has 0 unspecified atom stereocenters. The van der Waals surface area contributed by atoms with E-state index in [1.807, 2.05) is 28.8 Å². The zero-order valence-electron chi connectivity index (χ0n) is 21.0. The Morgan fingerprint density at radius 1 is 0.917 bits per heavy atom. The van der Waals surface area contributed by atoms with Gasteiger partial charge in [-0.25, -0.2) is 0 Å². The molecule has 2 aliphatic carbocycles. The second-order valence-corrected chi connectivity index (χ2v) is 10.7. The number of aromatic nitrogens is 4. The second-order valence-electron chi connectivity index (χ2n) is 10.7. The first-order valence-electron chi connectivity index (χ1n) is 13.8. The molecule has 0 atom stereocenters. The molecule has 3 heterocycles. The summed E-state index contributed by atoms with van der Waals surface area (Å²) >= 11 is 0. The number of nitrogens with zero attached hydrogens (tertiary/aromatic N) is 5. The minimum absolute atomic E-state index is 0.0706. The smallest absolute Gasteiger partial charge is 0.256 e. The average Bonchev–Trinajstić information content (AvgIpc) is 3.45. The first-order chi connectivity index (χ1) is 17.7. The van der Waals surface area contributed by atoms with Gasteiger partial charge in [-0.1, -0.05) is 43.2 Å². The lowest BCUT2D eigenvalue weighted by molar-refractivity contribution is 0.135. The summed E-state index contributed by atoms with van der Waals surface area (Å²) in [6, 6.07) is 13.3. The zero-order valence-corrected chi connectivity index (χ0v) is 21.0. The van der Waals surface area contributed by atoms with E-state index in [1.54, 1.807) is 0 Å². The fourth-order valence-corrected chi connectivity index (χ4v) is 6.39. The monoisotopic (exact) mass is 487 g/mol. The Bertz CT molecular complexity index is 1220. The molecule has 6 rings (SSSR count). The van der Waals surface area contributed by atoms with Gasteiger partial charge in [-0.05, 0) is 50.2 Å². The van der Waals surface area contributed by atoms with Gasteiger partial charge in [-0.3, -0.25) is 14.3 Å². The fraction of sp³-hybridized carbons (Fsp3) is 0.571. The van der Waals surface area contributed by atoms with Crippen LogP contribution in [0.15, 0.2) is 41.2 Å². The molecule has 3 aromatic rings. The van der Waals surface area contributed by atoms with Crippen LogP contribution < -0.4 is 16.2 Å². The number of fused-ring (bicyclic) bond motifs is 1. The Morgan fingerprint density at radius 2 is 1.67 bits per heavy atom. The van der Waals surface area contributed by atoms with E-state index < -0.39 is 0 Å². The van der Waals surface area contributed by atoms with Gasteiger partial charge in [-0.2, -0.15) is 4.98 Å². The van der Waals surface area contributed by atoms with Crippen LogP contribution in [-0.2, 0) is 6.42 Å². The first-order valence-corrected chi connectivity index (χ1v) is 13.8. The summed E-state index contributed by atoms with van der Waals surface area (Å²) in [5, 5.41) is 16.0. The van der Waals surface area contributed by atoms with Crippen LogP contribution >= 0.6 is 0 Å². The van der Waals surface area contributed by atoms with Crippen LogP contribution in [0.1, 0.15) is 68.5 Å². The summed E-state index contributed by atoms with van der Waals surface area (Å²) in [6.45, 7) is 4.52. The van der Waals surface area contributed by atoms with Gasteiger partial charge in [0.15, 0.2) is 5.65 Å². The van der Waals surface area contributed by atoms with Gasteiger partial charge >= 0.3 is 0 Å². The number of rotatable bonds is 6. The molecule has 3 aliphatic rings. The van der Waals surface area contributed by atoms with Crippen molar-refractivity contribution in [3.8, 4) is 0 Å². The highest BCUT2D eigenvalue weighted by atomic mass is 16.1. The Kier molecular flexibility index (Phi) is 6.96. The van der Waals surface area contributed by atoms with Crippen molar-refractivity contribution in [1.82, 2.24) is 30.0 Å². The van der Waals surface area contributed by atoms with Gasteiger partial charge in [-0.15, -0.1) is 10.2 Å². The summed E-state index contributed by atoms with van der Waals surface area (Å²) in [6.07, 6.45) is 9.58. The quantitative estimate of drug-likeness (QED) is 0.550. The molecule has 8 heteroatoms. The van der Waals surface area contributed by atoms with Gasteiger partial charge in [0.25, 0.3) is 5.56 Å². The predicted molar refractivity (Wildman–Crippen MR) is 142 cm³/mol. The van der Waals surface area contributed by atoms with Gasteiger partial charge in [0.1, 0.15) is 5.52 Å².